The second kappa shape index (κ2) is 13.9. The molecule has 4 N–H and O–H groups in total. The van der Waals surface area contributed by atoms with Crippen molar-refractivity contribution >= 4 is 34.3 Å². The molecule has 1 atom stereocenters. The highest BCUT2D eigenvalue weighted by atomic mass is 16.5. The summed E-state index contributed by atoms with van der Waals surface area (Å²) in [6.45, 7) is 0.213. The van der Waals surface area contributed by atoms with E-state index in [0.29, 0.717) is 40.6 Å². The Kier molecular flexibility index (Phi) is 9.30. The Labute approximate surface area is 262 Å². The SMILES string of the molecule is COc1cc2c(Oc3ccc(NC(=O)Nc4ccc5c(c4)CCC5)cc3)ccnc2cc1OCCC(N)C(=O)OC1CCCC1. The molecule has 4 aromatic rings. The summed E-state index contributed by atoms with van der Waals surface area (Å²) < 4.78 is 23.2. The lowest BCUT2D eigenvalue weighted by Gasteiger charge is -2.17. The van der Waals surface area contributed by atoms with Gasteiger partial charge in [-0.05, 0) is 105 Å². The van der Waals surface area contributed by atoms with Gasteiger partial charge in [0.1, 0.15) is 23.6 Å². The molecular formula is C35H38N4O6. The molecule has 2 aliphatic rings. The Balaban J connectivity index is 1.06. The minimum absolute atomic E-state index is 0.0195. The standard InChI is InChI=1S/C35H38N4O6/c1-42-32-20-28-30(21-33(32)43-18-16-29(36)34(40)45-26-7-2-3-8-26)37-17-15-31(28)44-27-13-11-24(12-14-27)38-35(41)39-25-10-9-22-5-4-6-23(22)19-25/h9-15,17,19-21,26,29H,2-8,16,18,36H2,1H3,(H2,38,39,41). The summed E-state index contributed by atoms with van der Waals surface area (Å²) in [5, 5.41) is 6.51. The van der Waals surface area contributed by atoms with Crippen LogP contribution in [0, 0.1) is 0 Å². The number of aryl methyl sites for hydroxylation is 2. The highest BCUT2D eigenvalue weighted by Gasteiger charge is 2.23. The summed E-state index contributed by atoms with van der Waals surface area (Å²) in [4.78, 5) is 29.4. The number of carbonyl (C=O) groups is 2. The molecule has 1 fully saturated rings. The molecule has 0 bridgehead atoms. The van der Waals surface area contributed by atoms with E-state index in [9.17, 15) is 9.59 Å². The summed E-state index contributed by atoms with van der Waals surface area (Å²) >= 11 is 0. The van der Waals surface area contributed by atoms with Crippen LogP contribution in [-0.2, 0) is 22.4 Å². The van der Waals surface area contributed by atoms with Crippen LogP contribution >= 0.6 is 0 Å². The van der Waals surface area contributed by atoms with Crippen LogP contribution in [0.3, 0.4) is 0 Å². The van der Waals surface area contributed by atoms with Gasteiger partial charge in [-0.15, -0.1) is 0 Å². The Morgan fingerprint density at radius 1 is 0.889 bits per heavy atom. The Hall–Kier alpha value is -4.83. The fourth-order valence-corrected chi connectivity index (χ4v) is 5.84. The first kappa shape index (κ1) is 30.2. The number of hydrogen-bond donors (Lipinski definition) is 3. The first-order chi connectivity index (χ1) is 21.9. The van der Waals surface area contributed by atoms with Crippen molar-refractivity contribution in [1.82, 2.24) is 4.98 Å². The molecule has 234 valence electrons. The smallest absolute Gasteiger partial charge is 0.323 e. The van der Waals surface area contributed by atoms with Crippen molar-refractivity contribution in [3.8, 4) is 23.0 Å². The van der Waals surface area contributed by atoms with Gasteiger partial charge in [0.15, 0.2) is 11.5 Å². The molecule has 0 radical (unpaired) electrons. The average Bonchev–Trinajstić information content (AvgIpc) is 3.74. The number of nitrogens with zero attached hydrogens (tertiary/aromatic N) is 1. The number of hydrogen-bond acceptors (Lipinski definition) is 8. The molecule has 6 rings (SSSR count). The maximum absolute atomic E-state index is 12.6. The quantitative estimate of drug-likeness (QED) is 0.159. The van der Waals surface area contributed by atoms with Crippen molar-refractivity contribution in [1.29, 1.82) is 0 Å². The minimum atomic E-state index is -0.754. The van der Waals surface area contributed by atoms with E-state index in [1.807, 2.05) is 12.1 Å². The van der Waals surface area contributed by atoms with Gasteiger partial charge >= 0.3 is 12.0 Å². The van der Waals surface area contributed by atoms with Crippen molar-refractivity contribution in [2.45, 2.75) is 63.5 Å². The van der Waals surface area contributed by atoms with Gasteiger partial charge in [0.05, 0.1) is 19.2 Å². The zero-order valence-electron chi connectivity index (χ0n) is 25.3. The summed E-state index contributed by atoms with van der Waals surface area (Å²) in [5.74, 6) is 1.76. The number of rotatable bonds is 11. The summed E-state index contributed by atoms with van der Waals surface area (Å²) in [5.41, 5.74) is 10.8. The highest BCUT2D eigenvalue weighted by Crippen LogP contribution is 2.37. The van der Waals surface area contributed by atoms with Crippen molar-refractivity contribution in [3.63, 3.8) is 0 Å². The van der Waals surface area contributed by atoms with E-state index in [1.54, 1.807) is 55.8 Å². The van der Waals surface area contributed by atoms with E-state index in [1.165, 1.54) is 11.1 Å². The molecule has 0 saturated heterocycles. The lowest BCUT2D eigenvalue weighted by molar-refractivity contribution is -0.150. The van der Waals surface area contributed by atoms with Crippen molar-refractivity contribution in [2.24, 2.45) is 5.73 Å². The lowest BCUT2D eigenvalue weighted by atomic mass is 10.1. The molecule has 0 spiro atoms. The maximum atomic E-state index is 12.6. The van der Waals surface area contributed by atoms with Crippen molar-refractivity contribution in [3.05, 3.63) is 78.0 Å². The van der Waals surface area contributed by atoms with Crippen LogP contribution in [0.4, 0.5) is 16.2 Å². The number of carbonyl (C=O) groups excluding carboxylic acids is 2. The van der Waals surface area contributed by atoms with Crippen molar-refractivity contribution in [2.75, 3.05) is 24.4 Å². The predicted molar refractivity (Wildman–Crippen MR) is 172 cm³/mol. The van der Waals surface area contributed by atoms with E-state index >= 15 is 0 Å². The molecule has 1 saturated carbocycles. The number of esters is 1. The number of methoxy groups -OCH3 is 1. The van der Waals surface area contributed by atoms with Gasteiger partial charge in [0, 0.05) is 35.4 Å². The van der Waals surface area contributed by atoms with Gasteiger partial charge in [0.2, 0.25) is 0 Å². The fourth-order valence-electron chi connectivity index (χ4n) is 5.84. The third kappa shape index (κ3) is 7.46. The maximum Gasteiger partial charge on any atom is 0.323 e. The number of benzene rings is 3. The van der Waals surface area contributed by atoms with E-state index in [2.05, 4.69) is 21.7 Å². The monoisotopic (exact) mass is 610 g/mol. The van der Waals surface area contributed by atoms with Crippen LogP contribution in [0.15, 0.2) is 66.9 Å². The number of pyridine rings is 1. The second-order valence-electron chi connectivity index (χ2n) is 11.5. The Morgan fingerprint density at radius 2 is 1.64 bits per heavy atom. The summed E-state index contributed by atoms with van der Waals surface area (Å²) in [7, 11) is 1.56. The van der Waals surface area contributed by atoms with Gasteiger partial charge in [-0.25, -0.2) is 4.79 Å². The van der Waals surface area contributed by atoms with E-state index in [4.69, 9.17) is 24.7 Å². The zero-order chi connectivity index (χ0) is 31.2. The molecule has 1 heterocycles. The topological polar surface area (TPSA) is 134 Å². The highest BCUT2D eigenvalue weighted by molar-refractivity contribution is 5.99. The van der Waals surface area contributed by atoms with Gasteiger partial charge in [-0.1, -0.05) is 6.07 Å². The fraction of sp³-hybridized carbons (Fsp3) is 0.343. The molecule has 0 aliphatic heterocycles. The number of urea groups is 1. The third-order valence-electron chi connectivity index (χ3n) is 8.26. The van der Waals surface area contributed by atoms with Crippen LogP contribution in [0.1, 0.15) is 49.7 Å². The van der Waals surface area contributed by atoms with E-state index < -0.39 is 6.04 Å². The zero-order valence-corrected chi connectivity index (χ0v) is 25.3. The van der Waals surface area contributed by atoms with Crippen LogP contribution < -0.4 is 30.6 Å². The van der Waals surface area contributed by atoms with Crippen LogP contribution in [0.25, 0.3) is 10.9 Å². The molecule has 2 aliphatic carbocycles. The number of aromatic nitrogens is 1. The molecule has 2 amide bonds. The van der Waals surface area contributed by atoms with E-state index in [0.717, 1.165) is 56.0 Å². The Bertz CT molecular complexity index is 1670. The summed E-state index contributed by atoms with van der Waals surface area (Å²) in [6, 6.07) is 17.5. The van der Waals surface area contributed by atoms with E-state index in [-0.39, 0.29) is 24.7 Å². The Morgan fingerprint density at radius 3 is 2.44 bits per heavy atom. The number of ether oxygens (including phenoxy) is 4. The molecule has 10 nitrogen and oxygen atoms in total. The largest absolute Gasteiger partial charge is 0.493 e. The molecule has 1 aromatic heterocycles. The molecule has 1 unspecified atom stereocenters. The molecule has 45 heavy (non-hydrogen) atoms. The van der Waals surface area contributed by atoms with Crippen LogP contribution in [0.2, 0.25) is 0 Å². The van der Waals surface area contributed by atoms with Gasteiger partial charge in [-0.2, -0.15) is 0 Å². The average molecular weight is 611 g/mol. The number of nitrogens with two attached hydrogens (primary N) is 1. The first-order valence-electron chi connectivity index (χ1n) is 15.5. The third-order valence-corrected chi connectivity index (χ3v) is 8.26. The number of anilines is 2. The minimum Gasteiger partial charge on any atom is -0.493 e. The van der Waals surface area contributed by atoms with Gasteiger partial charge in [0.25, 0.3) is 0 Å². The predicted octanol–water partition coefficient (Wildman–Crippen LogP) is 6.75. The number of amides is 2. The number of nitrogens with one attached hydrogen (secondary N) is 2. The van der Waals surface area contributed by atoms with Gasteiger partial charge in [-0.3, -0.25) is 9.78 Å². The van der Waals surface area contributed by atoms with Gasteiger partial charge < -0.3 is 35.3 Å². The lowest BCUT2D eigenvalue weighted by Crippen LogP contribution is -2.35. The molecule has 3 aromatic carbocycles. The summed E-state index contributed by atoms with van der Waals surface area (Å²) in [6.07, 6.45) is 9.23. The van der Waals surface area contributed by atoms with Crippen LogP contribution in [-0.4, -0.2) is 42.8 Å². The second-order valence-corrected chi connectivity index (χ2v) is 11.5. The normalized spacial score (nSPS) is 14.9. The van der Waals surface area contributed by atoms with Crippen LogP contribution in [0.5, 0.6) is 23.0 Å². The first-order valence-corrected chi connectivity index (χ1v) is 15.5. The molecular weight excluding hydrogens is 572 g/mol. The molecule has 10 heteroatoms. The number of fused-ring (bicyclic) bond motifs is 2. The van der Waals surface area contributed by atoms with Crippen molar-refractivity contribution < 1.29 is 28.5 Å².